The van der Waals surface area contributed by atoms with Gasteiger partial charge in [-0.05, 0) is 24.7 Å². The third kappa shape index (κ3) is 6.64. The second-order valence-corrected chi connectivity index (χ2v) is 6.09. The van der Waals surface area contributed by atoms with E-state index >= 15 is 0 Å². The zero-order valence-corrected chi connectivity index (χ0v) is 11.3. The number of hydrogen-bond donors (Lipinski definition) is 2. The van der Waals surface area contributed by atoms with Gasteiger partial charge in [-0.25, -0.2) is 0 Å². The lowest BCUT2D eigenvalue weighted by molar-refractivity contribution is -0.122. The number of hydrogen-bond acceptors (Lipinski definition) is 3. The number of rotatable bonds is 7. The molecule has 0 saturated heterocycles. The summed E-state index contributed by atoms with van der Waals surface area (Å²) in [5, 5.41) is 11.9. The zero-order chi connectivity index (χ0) is 12.9. The minimum absolute atomic E-state index is 0.0783. The average molecular weight is 242 g/mol. The smallest absolute Gasteiger partial charge is 0.234 e. The van der Waals surface area contributed by atoms with Crippen LogP contribution in [0, 0.1) is 5.41 Å². The van der Waals surface area contributed by atoms with E-state index in [-0.39, 0.29) is 17.9 Å². The lowest BCUT2D eigenvalue weighted by Gasteiger charge is -2.21. The number of amides is 1. The summed E-state index contributed by atoms with van der Waals surface area (Å²) in [6.07, 6.45) is 3.31. The van der Waals surface area contributed by atoms with E-state index in [1.165, 1.54) is 0 Å². The van der Waals surface area contributed by atoms with Crippen molar-refractivity contribution in [3.8, 4) is 0 Å². The van der Waals surface area contributed by atoms with E-state index in [0.717, 1.165) is 25.8 Å². The number of aliphatic hydroxyl groups is 1. The Balaban J connectivity index is 2.18. The maximum Gasteiger partial charge on any atom is 0.234 e. The van der Waals surface area contributed by atoms with Gasteiger partial charge in [0.15, 0.2) is 0 Å². The van der Waals surface area contributed by atoms with Crippen molar-refractivity contribution < 1.29 is 9.90 Å². The van der Waals surface area contributed by atoms with Gasteiger partial charge in [-0.2, -0.15) is 0 Å². The van der Waals surface area contributed by atoms with E-state index in [1.54, 1.807) is 0 Å². The maximum atomic E-state index is 11.7. The monoisotopic (exact) mass is 242 g/mol. The molecule has 2 N–H and O–H groups in total. The minimum atomic E-state index is 0.0783. The Kier molecular flexibility index (Phi) is 5.40. The van der Waals surface area contributed by atoms with Crippen LogP contribution in [-0.4, -0.2) is 48.2 Å². The molecule has 1 aliphatic carbocycles. The molecule has 4 nitrogen and oxygen atoms in total. The SMILES string of the molecule is CC(C)(C)CCNC(=O)CN(CCO)C1CC1. The van der Waals surface area contributed by atoms with Gasteiger partial charge in [-0.15, -0.1) is 0 Å². The van der Waals surface area contributed by atoms with Crippen molar-refractivity contribution in [2.24, 2.45) is 5.41 Å². The Bertz CT molecular complexity index is 244. The Morgan fingerprint density at radius 2 is 2.06 bits per heavy atom. The van der Waals surface area contributed by atoms with Crippen molar-refractivity contribution >= 4 is 5.91 Å². The van der Waals surface area contributed by atoms with Crippen molar-refractivity contribution in [2.75, 3.05) is 26.2 Å². The van der Waals surface area contributed by atoms with E-state index in [0.29, 0.717) is 19.1 Å². The molecule has 17 heavy (non-hydrogen) atoms. The highest BCUT2D eigenvalue weighted by atomic mass is 16.3. The van der Waals surface area contributed by atoms with Gasteiger partial charge < -0.3 is 10.4 Å². The molecule has 0 heterocycles. The van der Waals surface area contributed by atoms with Crippen molar-refractivity contribution in [3.05, 3.63) is 0 Å². The second-order valence-electron chi connectivity index (χ2n) is 6.09. The largest absolute Gasteiger partial charge is 0.395 e. The summed E-state index contributed by atoms with van der Waals surface area (Å²) in [4.78, 5) is 13.8. The van der Waals surface area contributed by atoms with Crippen LogP contribution >= 0.6 is 0 Å². The molecule has 1 amide bonds. The van der Waals surface area contributed by atoms with E-state index < -0.39 is 0 Å². The molecule has 0 aromatic carbocycles. The van der Waals surface area contributed by atoms with Crippen LogP contribution in [0.3, 0.4) is 0 Å². The van der Waals surface area contributed by atoms with Gasteiger partial charge in [0.25, 0.3) is 0 Å². The first-order valence-electron chi connectivity index (χ1n) is 6.54. The molecule has 1 aliphatic rings. The highest BCUT2D eigenvalue weighted by Gasteiger charge is 2.29. The summed E-state index contributed by atoms with van der Waals surface area (Å²) < 4.78 is 0. The molecule has 4 heteroatoms. The number of carbonyl (C=O) groups excluding carboxylic acids is 1. The topological polar surface area (TPSA) is 52.6 Å². The molecular formula is C13H26N2O2. The Morgan fingerprint density at radius 3 is 2.53 bits per heavy atom. The van der Waals surface area contributed by atoms with Crippen LogP contribution in [0.1, 0.15) is 40.0 Å². The number of nitrogens with zero attached hydrogens (tertiary/aromatic N) is 1. The van der Waals surface area contributed by atoms with Gasteiger partial charge in [0.2, 0.25) is 5.91 Å². The highest BCUT2D eigenvalue weighted by Crippen LogP contribution is 2.26. The summed E-state index contributed by atoms with van der Waals surface area (Å²) in [7, 11) is 0. The third-order valence-electron chi connectivity index (χ3n) is 2.99. The predicted molar refractivity (Wildman–Crippen MR) is 68.8 cm³/mol. The van der Waals surface area contributed by atoms with E-state index in [9.17, 15) is 4.79 Å². The second kappa shape index (κ2) is 6.36. The molecule has 1 saturated carbocycles. The molecule has 0 aliphatic heterocycles. The number of nitrogens with one attached hydrogen (secondary N) is 1. The first-order chi connectivity index (χ1) is 7.92. The zero-order valence-electron chi connectivity index (χ0n) is 11.3. The average Bonchev–Trinajstić information content (AvgIpc) is 2.98. The highest BCUT2D eigenvalue weighted by molar-refractivity contribution is 5.78. The molecule has 0 aromatic rings. The Labute approximate surface area is 104 Å². The van der Waals surface area contributed by atoms with Gasteiger partial charge in [0.1, 0.15) is 0 Å². The molecule has 0 radical (unpaired) electrons. The molecule has 0 unspecified atom stereocenters. The third-order valence-corrected chi connectivity index (χ3v) is 2.99. The summed E-state index contributed by atoms with van der Waals surface area (Å²) in [5.74, 6) is 0.0783. The van der Waals surface area contributed by atoms with E-state index in [1.807, 2.05) is 0 Å². The van der Waals surface area contributed by atoms with Gasteiger partial charge >= 0.3 is 0 Å². The fourth-order valence-corrected chi connectivity index (χ4v) is 1.78. The van der Waals surface area contributed by atoms with Crippen LogP contribution in [-0.2, 0) is 4.79 Å². The minimum Gasteiger partial charge on any atom is -0.395 e. The molecule has 1 fully saturated rings. The van der Waals surface area contributed by atoms with Gasteiger partial charge in [-0.3, -0.25) is 9.69 Å². The van der Waals surface area contributed by atoms with Crippen molar-refractivity contribution in [3.63, 3.8) is 0 Å². The molecule has 0 spiro atoms. The normalized spacial score (nSPS) is 16.3. The van der Waals surface area contributed by atoms with Crippen molar-refractivity contribution in [2.45, 2.75) is 46.1 Å². The Hall–Kier alpha value is -0.610. The first-order valence-corrected chi connectivity index (χ1v) is 6.54. The van der Waals surface area contributed by atoms with Crippen LogP contribution in [0.4, 0.5) is 0 Å². The fraction of sp³-hybridized carbons (Fsp3) is 0.923. The molecule has 0 bridgehead atoms. The quantitative estimate of drug-likeness (QED) is 0.700. The summed E-state index contributed by atoms with van der Waals surface area (Å²) in [6, 6.07) is 0.524. The summed E-state index contributed by atoms with van der Waals surface area (Å²) >= 11 is 0. The molecular weight excluding hydrogens is 216 g/mol. The summed E-state index contributed by atoms with van der Waals surface area (Å²) in [5.41, 5.74) is 0.258. The van der Waals surface area contributed by atoms with Crippen LogP contribution in [0.2, 0.25) is 0 Å². The number of aliphatic hydroxyl groups excluding tert-OH is 1. The van der Waals surface area contributed by atoms with Crippen LogP contribution in [0.15, 0.2) is 0 Å². The van der Waals surface area contributed by atoms with E-state index in [4.69, 9.17) is 5.11 Å². The molecule has 1 rings (SSSR count). The predicted octanol–water partition coefficient (Wildman–Crippen LogP) is 0.995. The van der Waals surface area contributed by atoms with Gasteiger partial charge in [0, 0.05) is 19.1 Å². The molecule has 0 aromatic heterocycles. The molecule has 0 atom stereocenters. The van der Waals surface area contributed by atoms with Crippen LogP contribution < -0.4 is 5.32 Å². The lowest BCUT2D eigenvalue weighted by Crippen LogP contribution is -2.40. The molecule has 100 valence electrons. The maximum absolute atomic E-state index is 11.7. The lowest BCUT2D eigenvalue weighted by atomic mass is 9.92. The van der Waals surface area contributed by atoms with Crippen molar-refractivity contribution in [1.82, 2.24) is 10.2 Å². The van der Waals surface area contributed by atoms with Crippen LogP contribution in [0.25, 0.3) is 0 Å². The number of carbonyl (C=O) groups is 1. The van der Waals surface area contributed by atoms with Gasteiger partial charge in [-0.1, -0.05) is 20.8 Å². The van der Waals surface area contributed by atoms with Crippen molar-refractivity contribution in [1.29, 1.82) is 0 Å². The van der Waals surface area contributed by atoms with Gasteiger partial charge in [0.05, 0.1) is 13.2 Å². The summed E-state index contributed by atoms with van der Waals surface area (Å²) in [6.45, 7) is 8.41. The van der Waals surface area contributed by atoms with Crippen LogP contribution in [0.5, 0.6) is 0 Å². The Morgan fingerprint density at radius 1 is 1.41 bits per heavy atom. The fourth-order valence-electron chi connectivity index (χ4n) is 1.78. The van der Waals surface area contributed by atoms with E-state index in [2.05, 4.69) is 31.0 Å². The standard InChI is InChI=1S/C13H26N2O2/c1-13(2,3)6-7-14-12(17)10-15(8-9-16)11-4-5-11/h11,16H,4-10H2,1-3H3,(H,14,17). The first kappa shape index (κ1) is 14.5.